The van der Waals surface area contributed by atoms with Gasteiger partial charge in [-0.25, -0.2) is 0 Å². The molecule has 0 aromatic heterocycles. The number of benzene rings is 4. The highest BCUT2D eigenvalue weighted by Gasteiger charge is 2.11. The lowest BCUT2D eigenvalue weighted by Gasteiger charge is -2.18. The number of ether oxygens (including phenoxy) is 1. The number of hydrogen-bond donors (Lipinski definition) is 1. The maximum absolute atomic E-state index is 6.25. The van der Waals surface area contributed by atoms with Crippen LogP contribution in [0.2, 0.25) is 5.02 Å². The number of halogens is 1. The zero-order valence-corrected chi connectivity index (χ0v) is 18.6. The Hall–Kier alpha value is -2.81. The summed E-state index contributed by atoms with van der Waals surface area (Å²) in [5, 5.41) is 6.92. The van der Waals surface area contributed by atoms with Crippen molar-refractivity contribution < 1.29 is 4.74 Å². The van der Waals surface area contributed by atoms with Gasteiger partial charge in [-0.3, -0.25) is 0 Å². The second-order valence-corrected chi connectivity index (χ2v) is 8.42. The molecule has 158 valence electrons. The number of fused-ring (bicyclic) bond motifs is 1. The Morgan fingerprint density at radius 2 is 1.55 bits per heavy atom. The summed E-state index contributed by atoms with van der Waals surface area (Å²) in [7, 11) is 0. The lowest BCUT2D eigenvalue weighted by molar-refractivity contribution is 0.302. The Morgan fingerprint density at radius 3 is 2.35 bits per heavy atom. The van der Waals surface area contributed by atoms with Crippen LogP contribution in [0.1, 0.15) is 30.0 Å². The van der Waals surface area contributed by atoms with E-state index in [-0.39, 0.29) is 0 Å². The van der Waals surface area contributed by atoms with Gasteiger partial charge < -0.3 is 10.1 Å². The van der Waals surface area contributed by atoms with Gasteiger partial charge in [0.05, 0.1) is 0 Å². The minimum atomic E-state index is 0.406. The maximum Gasteiger partial charge on any atom is 0.124 e. The van der Waals surface area contributed by atoms with E-state index in [1.807, 2.05) is 24.3 Å². The number of rotatable bonds is 9. The molecule has 1 atom stereocenters. The summed E-state index contributed by atoms with van der Waals surface area (Å²) >= 11 is 6.01. The summed E-state index contributed by atoms with van der Waals surface area (Å²) in [6.45, 7) is 3.54. The molecule has 3 heteroatoms. The van der Waals surface area contributed by atoms with Crippen molar-refractivity contribution in [3.05, 3.63) is 113 Å². The van der Waals surface area contributed by atoms with Crippen LogP contribution in [-0.2, 0) is 19.6 Å². The Bertz CT molecular complexity index is 1110. The SMILES string of the molecule is C[C@H](CCc1ccccc1)NCc1c(OCc2ccc(Cl)cc2)ccc2ccccc12. The number of aryl methyl sites for hydroxylation is 1. The van der Waals surface area contributed by atoms with Crippen molar-refractivity contribution in [1.82, 2.24) is 5.32 Å². The van der Waals surface area contributed by atoms with Gasteiger partial charge in [-0.15, -0.1) is 0 Å². The smallest absolute Gasteiger partial charge is 0.124 e. The minimum absolute atomic E-state index is 0.406. The first-order valence-electron chi connectivity index (χ1n) is 10.8. The first-order chi connectivity index (χ1) is 15.2. The quantitative estimate of drug-likeness (QED) is 0.304. The zero-order valence-electron chi connectivity index (χ0n) is 17.9. The molecule has 0 radical (unpaired) electrons. The van der Waals surface area contributed by atoms with Crippen LogP contribution in [-0.4, -0.2) is 6.04 Å². The van der Waals surface area contributed by atoms with Crippen LogP contribution in [0.5, 0.6) is 5.75 Å². The van der Waals surface area contributed by atoms with Gasteiger partial charge in [0.1, 0.15) is 12.4 Å². The second kappa shape index (κ2) is 10.5. The molecule has 0 aliphatic rings. The normalized spacial score (nSPS) is 12.1. The highest BCUT2D eigenvalue weighted by molar-refractivity contribution is 6.30. The van der Waals surface area contributed by atoms with Crippen molar-refractivity contribution in [2.24, 2.45) is 0 Å². The predicted octanol–water partition coefficient (Wildman–Crippen LogP) is 7.18. The first kappa shape index (κ1) is 21.4. The van der Waals surface area contributed by atoms with Crippen LogP contribution >= 0.6 is 11.6 Å². The van der Waals surface area contributed by atoms with Crippen molar-refractivity contribution in [1.29, 1.82) is 0 Å². The molecule has 31 heavy (non-hydrogen) atoms. The molecule has 0 fully saturated rings. The summed E-state index contributed by atoms with van der Waals surface area (Å²) in [5.74, 6) is 0.927. The fourth-order valence-electron chi connectivity index (χ4n) is 3.78. The molecule has 4 aromatic carbocycles. The third kappa shape index (κ3) is 5.88. The van der Waals surface area contributed by atoms with Gasteiger partial charge in [0.2, 0.25) is 0 Å². The molecule has 0 amide bonds. The van der Waals surface area contributed by atoms with Crippen molar-refractivity contribution in [2.45, 2.75) is 39.0 Å². The van der Waals surface area contributed by atoms with Gasteiger partial charge in [0.25, 0.3) is 0 Å². The van der Waals surface area contributed by atoms with Crippen LogP contribution in [0.3, 0.4) is 0 Å². The molecular weight excluding hydrogens is 402 g/mol. The molecule has 0 aliphatic carbocycles. The summed E-state index contributed by atoms with van der Waals surface area (Å²) < 4.78 is 6.25. The van der Waals surface area contributed by atoms with E-state index in [1.165, 1.54) is 21.9 Å². The molecule has 4 aromatic rings. The van der Waals surface area contributed by atoms with Gasteiger partial charge in [0.15, 0.2) is 0 Å². The van der Waals surface area contributed by atoms with Crippen LogP contribution in [0.15, 0.2) is 91.0 Å². The third-order valence-corrected chi connectivity index (χ3v) is 5.89. The Morgan fingerprint density at radius 1 is 0.806 bits per heavy atom. The van der Waals surface area contributed by atoms with Crippen molar-refractivity contribution in [3.8, 4) is 5.75 Å². The molecule has 0 unspecified atom stereocenters. The second-order valence-electron chi connectivity index (χ2n) is 7.98. The molecule has 0 saturated heterocycles. The summed E-state index contributed by atoms with van der Waals surface area (Å²) in [4.78, 5) is 0. The molecular formula is C28H28ClNO. The summed E-state index contributed by atoms with van der Waals surface area (Å²) in [6.07, 6.45) is 2.17. The van der Waals surface area contributed by atoms with E-state index in [0.29, 0.717) is 12.6 Å². The van der Waals surface area contributed by atoms with E-state index < -0.39 is 0 Å². The average molecular weight is 430 g/mol. The molecule has 0 saturated carbocycles. The minimum Gasteiger partial charge on any atom is -0.489 e. The van der Waals surface area contributed by atoms with Crippen LogP contribution in [0, 0.1) is 0 Å². The van der Waals surface area contributed by atoms with Gasteiger partial charge in [0, 0.05) is 23.2 Å². The lowest BCUT2D eigenvalue weighted by atomic mass is 10.0. The Kier molecular flexibility index (Phi) is 7.24. The third-order valence-electron chi connectivity index (χ3n) is 5.64. The molecule has 0 spiro atoms. The molecule has 0 bridgehead atoms. The van der Waals surface area contributed by atoms with E-state index >= 15 is 0 Å². The van der Waals surface area contributed by atoms with Gasteiger partial charge in [-0.1, -0.05) is 84.4 Å². The maximum atomic E-state index is 6.25. The lowest BCUT2D eigenvalue weighted by Crippen LogP contribution is -2.26. The first-order valence-corrected chi connectivity index (χ1v) is 11.2. The number of hydrogen-bond acceptors (Lipinski definition) is 2. The molecule has 2 nitrogen and oxygen atoms in total. The van der Waals surface area contributed by atoms with E-state index in [4.69, 9.17) is 16.3 Å². The molecule has 0 aliphatic heterocycles. The highest BCUT2D eigenvalue weighted by atomic mass is 35.5. The zero-order chi connectivity index (χ0) is 21.5. The van der Waals surface area contributed by atoms with E-state index in [0.717, 1.165) is 35.7 Å². The average Bonchev–Trinajstić information content (AvgIpc) is 2.82. The standard InChI is InChI=1S/C28H28ClNO/c1-21(11-12-22-7-3-2-4-8-22)30-19-27-26-10-6-5-9-24(26)15-18-28(27)31-20-23-13-16-25(29)17-14-23/h2-10,13-18,21,30H,11-12,19-20H2,1H3/t21-/m1/s1. The summed E-state index contributed by atoms with van der Waals surface area (Å²) in [6, 6.07) is 31.6. The topological polar surface area (TPSA) is 21.3 Å². The predicted molar refractivity (Wildman–Crippen MR) is 131 cm³/mol. The van der Waals surface area contributed by atoms with Crippen LogP contribution < -0.4 is 10.1 Å². The van der Waals surface area contributed by atoms with Crippen LogP contribution in [0.25, 0.3) is 10.8 Å². The van der Waals surface area contributed by atoms with Crippen molar-refractivity contribution in [2.75, 3.05) is 0 Å². The highest BCUT2D eigenvalue weighted by Crippen LogP contribution is 2.29. The Labute approximate surface area is 189 Å². The fourth-order valence-corrected chi connectivity index (χ4v) is 3.91. The van der Waals surface area contributed by atoms with Crippen molar-refractivity contribution in [3.63, 3.8) is 0 Å². The Balaban J connectivity index is 1.46. The van der Waals surface area contributed by atoms with Crippen LogP contribution in [0.4, 0.5) is 0 Å². The molecule has 4 rings (SSSR count). The van der Waals surface area contributed by atoms with Gasteiger partial charge >= 0.3 is 0 Å². The fraction of sp³-hybridized carbons (Fsp3) is 0.214. The number of nitrogens with one attached hydrogen (secondary N) is 1. The van der Waals surface area contributed by atoms with Crippen molar-refractivity contribution >= 4 is 22.4 Å². The van der Waals surface area contributed by atoms with Gasteiger partial charge in [-0.05, 0) is 59.9 Å². The van der Waals surface area contributed by atoms with E-state index in [2.05, 4.69) is 79.0 Å². The molecule has 0 heterocycles. The van der Waals surface area contributed by atoms with E-state index in [1.54, 1.807) is 0 Å². The largest absolute Gasteiger partial charge is 0.489 e. The molecule has 1 N–H and O–H groups in total. The summed E-state index contributed by atoms with van der Waals surface area (Å²) in [5.41, 5.74) is 3.69. The van der Waals surface area contributed by atoms with E-state index in [9.17, 15) is 0 Å². The van der Waals surface area contributed by atoms with Gasteiger partial charge in [-0.2, -0.15) is 0 Å². The monoisotopic (exact) mass is 429 g/mol.